The molecule has 0 aromatic heterocycles. The zero-order valence-corrected chi connectivity index (χ0v) is 13.1. The highest BCUT2D eigenvalue weighted by Gasteiger charge is 2.30. The van der Waals surface area contributed by atoms with E-state index in [4.69, 9.17) is 4.74 Å². The van der Waals surface area contributed by atoms with Crippen molar-refractivity contribution in [1.29, 1.82) is 0 Å². The molecule has 1 aromatic rings. The van der Waals surface area contributed by atoms with E-state index in [0.29, 0.717) is 12.1 Å². The molecule has 1 aromatic carbocycles. The maximum atomic E-state index is 5.09. The van der Waals surface area contributed by atoms with Crippen LogP contribution < -0.4 is 10.2 Å². The molecule has 0 bridgehead atoms. The first-order valence-corrected chi connectivity index (χ1v) is 7.83. The fourth-order valence-corrected chi connectivity index (χ4v) is 3.22. The first-order valence-electron chi connectivity index (χ1n) is 7.83. The van der Waals surface area contributed by atoms with Crippen molar-refractivity contribution in [3.8, 4) is 0 Å². The molecule has 112 valence electrons. The number of nitrogens with zero attached hydrogens (tertiary/aromatic N) is 1. The predicted molar refractivity (Wildman–Crippen MR) is 85.3 cm³/mol. The van der Waals surface area contributed by atoms with Crippen LogP contribution in [0.15, 0.2) is 24.3 Å². The summed E-state index contributed by atoms with van der Waals surface area (Å²) in [6.45, 7) is 7.23. The van der Waals surface area contributed by atoms with E-state index in [2.05, 4.69) is 48.3 Å². The molecular weight excluding hydrogens is 248 g/mol. The van der Waals surface area contributed by atoms with Gasteiger partial charge >= 0.3 is 0 Å². The molecule has 3 nitrogen and oxygen atoms in total. The van der Waals surface area contributed by atoms with E-state index in [1.165, 1.54) is 30.5 Å². The molecule has 0 radical (unpaired) electrons. The largest absolute Gasteiger partial charge is 0.383 e. The summed E-state index contributed by atoms with van der Waals surface area (Å²) in [4.78, 5) is 2.63. The molecule has 0 spiro atoms. The molecule has 1 heterocycles. The minimum Gasteiger partial charge on any atom is -0.383 e. The van der Waals surface area contributed by atoms with Crippen molar-refractivity contribution in [1.82, 2.24) is 5.32 Å². The van der Waals surface area contributed by atoms with Gasteiger partial charge < -0.3 is 15.0 Å². The highest BCUT2D eigenvalue weighted by Crippen LogP contribution is 2.34. The lowest BCUT2D eigenvalue weighted by molar-refractivity contribution is 0.199. The van der Waals surface area contributed by atoms with Crippen molar-refractivity contribution < 1.29 is 4.74 Å². The third kappa shape index (κ3) is 3.53. The maximum absolute atomic E-state index is 5.09. The summed E-state index contributed by atoms with van der Waals surface area (Å²) in [6, 6.07) is 10.2. The summed E-state index contributed by atoms with van der Waals surface area (Å²) in [5.74, 6) is 0. The van der Waals surface area contributed by atoms with Gasteiger partial charge in [0.25, 0.3) is 0 Å². The van der Waals surface area contributed by atoms with Crippen LogP contribution in [0, 0.1) is 0 Å². The third-order valence-electron chi connectivity index (χ3n) is 4.33. The normalized spacial score (nSPS) is 22.4. The van der Waals surface area contributed by atoms with Crippen LogP contribution in [0.1, 0.15) is 38.7 Å². The molecule has 1 aliphatic heterocycles. The van der Waals surface area contributed by atoms with Crippen LogP contribution in [-0.2, 0) is 11.3 Å². The lowest BCUT2D eigenvalue weighted by Gasteiger charge is -2.32. The number of anilines is 1. The Morgan fingerprint density at radius 2 is 2.10 bits per heavy atom. The molecule has 0 saturated carbocycles. The van der Waals surface area contributed by atoms with Crippen LogP contribution in [-0.4, -0.2) is 32.3 Å². The van der Waals surface area contributed by atoms with Crippen LogP contribution in [0.4, 0.5) is 5.69 Å². The van der Waals surface area contributed by atoms with Crippen molar-refractivity contribution in [3.63, 3.8) is 0 Å². The summed E-state index contributed by atoms with van der Waals surface area (Å²) >= 11 is 0. The van der Waals surface area contributed by atoms with Crippen LogP contribution in [0.2, 0.25) is 0 Å². The zero-order chi connectivity index (χ0) is 14.4. The van der Waals surface area contributed by atoms with Crippen molar-refractivity contribution in [2.45, 2.75) is 51.7 Å². The van der Waals surface area contributed by atoms with Gasteiger partial charge in [0.05, 0.1) is 6.61 Å². The molecule has 2 rings (SSSR count). The van der Waals surface area contributed by atoms with Gasteiger partial charge in [-0.25, -0.2) is 0 Å². The number of hydrogen-bond donors (Lipinski definition) is 1. The van der Waals surface area contributed by atoms with Crippen LogP contribution in [0.3, 0.4) is 0 Å². The Hall–Kier alpha value is -1.06. The van der Waals surface area contributed by atoms with Gasteiger partial charge in [0.15, 0.2) is 0 Å². The van der Waals surface area contributed by atoms with E-state index in [0.717, 1.165) is 19.7 Å². The van der Waals surface area contributed by atoms with Gasteiger partial charge in [-0.3, -0.25) is 0 Å². The summed E-state index contributed by atoms with van der Waals surface area (Å²) in [5.41, 5.74) is 2.81. The van der Waals surface area contributed by atoms with Gasteiger partial charge in [-0.2, -0.15) is 0 Å². The number of nitrogens with one attached hydrogen (secondary N) is 1. The smallest absolute Gasteiger partial charge is 0.0587 e. The Morgan fingerprint density at radius 1 is 1.30 bits per heavy atom. The summed E-state index contributed by atoms with van der Waals surface area (Å²) in [7, 11) is 1.74. The van der Waals surface area contributed by atoms with E-state index in [-0.39, 0.29) is 0 Å². The van der Waals surface area contributed by atoms with E-state index < -0.39 is 0 Å². The molecule has 1 fully saturated rings. The molecule has 3 heteroatoms. The number of methoxy groups -OCH3 is 1. The number of para-hydroxylation sites is 1. The Morgan fingerprint density at radius 3 is 2.85 bits per heavy atom. The highest BCUT2D eigenvalue weighted by molar-refractivity contribution is 5.56. The minimum absolute atomic E-state index is 0.653. The molecule has 2 unspecified atom stereocenters. The van der Waals surface area contributed by atoms with Crippen molar-refractivity contribution in [2.75, 3.05) is 25.2 Å². The third-order valence-corrected chi connectivity index (χ3v) is 4.33. The van der Waals surface area contributed by atoms with Crippen LogP contribution >= 0.6 is 0 Å². The number of hydrogen-bond acceptors (Lipinski definition) is 3. The Bertz CT molecular complexity index is 408. The quantitative estimate of drug-likeness (QED) is 0.774. The first-order chi connectivity index (χ1) is 9.77. The van der Waals surface area contributed by atoms with Crippen molar-refractivity contribution in [3.05, 3.63) is 29.8 Å². The van der Waals surface area contributed by atoms with Crippen molar-refractivity contribution in [2.24, 2.45) is 0 Å². The average molecular weight is 276 g/mol. The van der Waals surface area contributed by atoms with Crippen LogP contribution in [0.5, 0.6) is 0 Å². The topological polar surface area (TPSA) is 24.5 Å². The molecule has 1 N–H and O–H groups in total. The number of ether oxygens (including phenoxy) is 1. The van der Waals surface area contributed by atoms with Crippen molar-refractivity contribution >= 4 is 5.69 Å². The van der Waals surface area contributed by atoms with Gasteiger partial charge in [0.2, 0.25) is 0 Å². The van der Waals surface area contributed by atoms with Gasteiger partial charge in [-0.05, 0) is 37.8 Å². The molecule has 1 aliphatic rings. The second-order valence-electron chi connectivity index (χ2n) is 5.69. The fraction of sp³-hybridized carbons (Fsp3) is 0.647. The lowest BCUT2D eigenvalue weighted by atomic mass is 10.1. The molecule has 1 saturated heterocycles. The minimum atomic E-state index is 0.653. The SMILES string of the molecule is CCC1CCC(C)N1c1ccccc1CNCCOC. The van der Waals surface area contributed by atoms with E-state index in [1.807, 2.05) is 0 Å². The van der Waals surface area contributed by atoms with Gasteiger partial charge in [0.1, 0.15) is 0 Å². The molecular formula is C17H28N2O. The fourth-order valence-electron chi connectivity index (χ4n) is 3.22. The highest BCUT2D eigenvalue weighted by atomic mass is 16.5. The lowest BCUT2D eigenvalue weighted by Crippen LogP contribution is -2.35. The van der Waals surface area contributed by atoms with E-state index in [9.17, 15) is 0 Å². The predicted octanol–water partition coefficient (Wildman–Crippen LogP) is 3.19. The van der Waals surface area contributed by atoms with Gasteiger partial charge in [-0.15, -0.1) is 0 Å². The average Bonchev–Trinajstić information content (AvgIpc) is 2.85. The summed E-state index contributed by atoms with van der Waals surface area (Å²) in [6.07, 6.45) is 3.86. The van der Waals surface area contributed by atoms with Gasteiger partial charge in [-0.1, -0.05) is 25.1 Å². The van der Waals surface area contributed by atoms with Crippen LogP contribution in [0.25, 0.3) is 0 Å². The second kappa shape index (κ2) is 7.65. The summed E-state index contributed by atoms with van der Waals surface area (Å²) in [5, 5.41) is 3.46. The zero-order valence-electron chi connectivity index (χ0n) is 13.1. The second-order valence-corrected chi connectivity index (χ2v) is 5.69. The summed E-state index contributed by atoms with van der Waals surface area (Å²) < 4.78 is 5.09. The molecule has 20 heavy (non-hydrogen) atoms. The Labute approximate surface area is 123 Å². The Balaban J connectivity index is 2.10. The Kier molecular flexibility index (Phi) is 5.86. The maximum Gasteiger partial charge on any atom is 0.0587 e. The van der Waals surface area contributed by atoms with E-state index >= 15 is 0 Å². The molecule has 2 atom stereocenters. The van der Waals surface area contributed by atoms with Gasteiger partial charge in [0, 0.05) is 38.0 Å². The molecule has 0 aliphatic carbocycles. The standard InChI is InChI=1S/C17H28N2O/c1-4-16-10-9-14(2)19(16)17-8-6-5-7-15(17)13-18-11-12-20-3/h5-8,14,16,18H,4,9-13H2,1-3H3. The number of benzene rings is 1. The van der Waals surface area contributed by atoms with E-state index in [1.54, 1.807) is 7.11 Å². The first kappa shape index (κ1) is 15.3. The molecule has 0 amide bonds. The number of rotatable bonds is 7. The monoisotopic (exact) mass is 276 g/mol.